The lowest BCUT2D eigenvalue weighted by atomic mass is 10.1. The lowest BCUT2D eigenvalue weighted by Gasteiger charge is -2.27. The fourth-order valence-corrected chi connectivity index (χ4v) is 3.94. The van der Waals surface area contributed by atoms with E-state index in [1.807, 2.05) is 34.5 Å². The molecule has 2 N–H and O–H groups in total. The van der Waals surface area contributed by atoms with Crippen molar-refractivity contribution in [2.45, 2.75) is 0 Å². The minimum Gasteiger partial charge on any atom is -0.439 e. The molecule has 0 spiro atoms. The van der Waals surface area contributed by atoms with Gasteiger partial charge in [-0.25, -0.2) is 4.79 Å². The summed E-state index contributed by atoms with van der Waals surface area (Å²) in [5.74, 6) is 0.565. The zero-order chi connectivity index (χ0) is 18.8. The number of rotatable bonds is 3. The van der Waals surface area contributed by atoms with Crippen molar-refractivity contribution >= 4 is 39.2 Å². The molecule has 7 nitrogen and oxygen atoms in total. The summed E-state index contributed by atoms with van der Waals surface area (Å²) in [6, 6.07) is 8.72. The number of thiophene rings is 1. The maximum absolute atomic E-state index is 12.6. The number of nitrogens with zero attached hydrogens (tertiary/aromatic N) is 1. The smallest absolute Gasteiger partial charge is 0.318 e. The highest BCUT2D eigenvalue weighted by molar-refractivity contribution is 7.17. The topological polar surface area (TPSA) is 83.8 Å². The molecule has 2 aromatic heterocycles. The van der Waals surface area contributed by atoms with Crippen molar-refractivity contribution < 1.29 is 13.9 Å². The summed E-state index contributed by atoms with van der Waals surface area (Å²) in [6.45, 7) is 2.62. The van der Waals surface area contributed by atoms with Crippen LogP contribution in [-0.4, -0.2) is 39.4 Å². The molecule has 27 heavy (non-hydrogen) atoms. The minimum atomic E-state index is -0.288. The summed E-state index contributed by atoms with van der Waals surface area (Å²) in [6.07, 6.45) is 0. The lowest BCUT2D eigenvalue weighted by Crippen LogP contribution is -2.36. The lowest BCUT2D eigenvalue weighted by molar-refractivity contribution is 0.121. The molecule has 1 saturated heterocycles. The normalized spacial score (nSPS) is 14.3. The number of hydrogen-bond donors (Lipinski definition) is 2. The molecule has 140 valence electrons. The number of hydrogen-bond acceptors (Lipinski definition) is 6. The average Bonchev–Trinajstić information content (AvgIpc) is 3.13. The highest BCUT2D eigenvalue weighted by Gasteiger charge is 2.18. The number of urea groups is 1. The van der Waals surface area contributed by atoms with Crippen LogP contribution in [-0.2, 0) is 4.74 Å². The van der Waals surface area contributed by atoms with Crippen molar-refractivity contribution in [2.24, 2.45) is 0 Å². The van der Waals surface area contributed by atoms with E-state index in [0.29, 0.717) is 48.2 Å². The highest BCUT2D eigenvalue weighted by atomic mass is 32.1. The first-order valence-electron chi connectivity index (χ1n) is 8.63. The van der Waals surface area contributed by atoms with Gasteiger partial charge in [0.25, 0.3) is 0 Å². The molecular weight excluding hydrogens is 366 g/mol. The first-order chi connectivity index (χ1) is 13.2. The third kappa shape index (κ3) is 3.54. The Kier molecular flexibility index (Phi) is 4.83. The second-order valence-electron chi connectivity index (χ2n) is 6.14. The van der Waals surface area contributed by atoms with Crippen LogP contribution in [0.2, 0.25) is 0 Å². The Labute approximate surface area is 159 Å². The maximum atomic E-state index is 12.6. The van der Waals surface area contributed by atoms with Crippen LogP contribution < -0.4 is 21.0 Å². The fourth-order valence-electron chi connectivity index (χ4n) is 3.03. The van der Waals surface area contributed by atoms with Crippen molar-refractivity contribution in [2.75, 3.05) is 43.6 Å². The summed E-state index contributed by atoms with van der Waals surface area (Å²) in [5, 5.41) is 7.19. The summed E-state index contributed by atoms with van der Waals surface area (Å²) in [7, 11) is 1.56. The van der Waals surface area contributed by atoms with E-state index in [2.05, 4.69) is 10.6 Å². The Morgan fingerprint density at radius 1 is 1.22 bits per heavy atom. The van der Waals surface area contributed by atoms with Crippen LogP contribution in [0.3, 0.4) is 0 Å². The number of benzene rings is 1. The van der Waals surface area contributed by atoms with Gasteiger partial charge < -0.3 is 24.7 Å². The van der Waals surface area contributed by atoms with Gasteiger partial charge in [0.05, 0.1) is 13.2 Å². The quantitative estimate of drug-likeness (QED) is 0.724. The first kappa shape index (κ1) is 17.6. The van der Waals surface area contributed by atoms with Crippen LogP contribution in [0.5, 0.6) is 0 Å². The number of fused-ring (bicyclic) bond motifs is 1. The van der Waals surface area contributed by atoms with Gasteiger partial charge in [0.1, 0.15) is 4.70 Å². The third-order valence-corrected chi connectivity index (χ3v) is 5.39. The number of ether oxygens (including phenoxy) is 1. The van der Waals surface area contributed by atoms with Crippen molar-refractivity contribution in [3.63, 3.8) is 0 Å². The molecule has 0 radical (unpaired) electrons. The number of nitrogens with one attached hydrogen (secondary N) is 2. The molecule has 0 aliphatic carbocycles. The van der Waals surface area contributed by atoms with Crippen LogP contribution in [0, 0.1) is 0 Å². The van der Waals surface area contributed by atoms with Crippen molar-refractivity contribution in [1.82, 2.24) is 5.32 Å². The summed E-state index contributed by atoms with van der Waals surface area (Å²) < 4.78 is 12.1. The van der Waals surface area contributed by atoms with Gasteiger partial charge in [-0.1, -0.05) is 12.1 Å². The predicted molar refractivity (Wildman–Crippen MR) is 107 cm³/mol. The maximum Gasteiger partial charge on any atom is 0.318 e. The molecular formula is C19H19N3O4S. The summed E-state index contributed by atoms with van der Waals surface area (Å²) in [4.78, 5) is 26.1. The Morgan fingerprint density at radius 3 is 2.81 bits per heavy atom. The molecule has 1 fully saturated rings. The SMILES string of the molecule is CNC(=O)Nc1cccc(-c2csc3c(=O)cc(N4CCOCC4)oc23)c1. The Bertz CT molecular complexity index is 1040. The van der Waals surface area contributed by atoms with E-state index >= 15 is 0 Å². The van der Waals surface area contributed by atoms with Crippen LogP contribution >= 0.6 is 11.3 Å². The van der Waals surface area contributed by atoms with Gasteiger partial charge in [0, 0.05) is 42.8 Å². The van der Waals surface area contributed by atoms with Gasteiger partial charge in [0.2, 0.25) is 5.43 Å². The van der Waals surface area contributed by atoms with E-state index in [-0.39, 0.29) is 11.5 Å². The van der Waals surface area contributed by atoms with Crippen LogP contribution in [0.15, 0.2) is 44.9 Å². The van der Waals surface area contributed by atoms with E-state index in [1.165, 1.54) is 11.3 Å². The molecule has 1 aliphatic rings. The highest BCUT2D eigenvalue weighted by Crippen LogP contribution is 2.35. The van der Waals surface area contributed by atoms with Crippen LogP contribution in [0.1, 0.15) is 0 Å². The van der Waals surface area contributed by atoms with Crippen molar-refractivity contribution in [3.05, 3.63) is 45.9 Å². The molecule has 8 heteroatoms. The van der Waals surface area contributed by atoms with Crippen LogP contribution in [0.25, 0.3) is 21.4 Å². The number of morpholine rings is 1. The minimum absolute atomic E-state index is 0.0476. The summed E-state index contributed by atoms with van der Waals surface area (Å²) in [5.41, 5.74) is 2.90. The van der Waals surface area contributed by atoms with Gasteiger partial charge in [-0.3, -0.25) is 4.79 Å². The van der Waals surface area contributed by atoms with E-state index < -0.39 is 0 Å². The predicted octanol–water partition coefficient (Wildman–Crippen LogP) is 3.11. The number of amides is 2. The second-order valence-corrected chi connectivity index (χ2v) is 7.02. The molecule has 3 heterocycles. The zero-order valence-electron chi connectivity index (χ0n) is 14.8. The molecule has 2 amide bonds. The summed E-state index contributed by atoms with van der Waals surface area (Å²) >= 11 is 1.37. The van der Waals surface area contributed by atoms with E-state index in [4.69, 9.17) is 9.15 Å². The molecule has 0 unspecified atom stereocenters. The zero-order valence-corrected chi connectivity index (χ0v) is 15.6. The Balaban J connectivity index is 1.76. The number of carbonyl (C=O) groups excluding carboxylic acids is 1. The molecule has 0 saturated carbocycles. The van der Waals surface area contributed by atoms with Gasteiger partial charge in [-0.15, -0.1) is 11.3 Å². The van der Waals surface area contributed by atoms with E-state index in [0.717, 1.165) is 11.1 Å². The van der Waals surface area contributed by atoms with Crippen molar-refractivity contribution in [1.29, 1.82) is 0 Å². The molecule has 1 aliphatic heterocycles. The van der Waals surface area contributed by atoms with Gasteiger partial charge >= 0.3 is 6.03 Å². The second kappa shape index (κ2) is 7.42. The number of anilines is 2. The third-order valence-electron chi connectivity index (χ3n) is 4.41. The van der Waals surface area contributed by atoms with E-state index in [9.17, 15) is 9.59 Å². The molecule has 3 aromatic rings. The molecule has 0 atom stereocenters. The van der Waals surface area contributed by atoms with Gasteiger partial charge in [-0.05, 0) is 17.7 Å². The largest absolute Gasteiger partial charge is 0.439 e. The van der Waals surface area contributed by atoms with E-state index in [1.54, 1.807) is 13.1 Å². The fraction of sp³-hybridized carbons (Fsp3) is 0.263. The van der Waals surface area contributed by atoms with Gasteiger partial charge in [-0.2, -0.15) is 0 Å². The van der Waals surface area contributed by atoms with Gasteiger partial charge in [0.15, 0.2) is 11.5 Å². The Morgan fingerprint density at radius 2 is 2.04 bits per heavy atom. The average molecular weight is 385 g/mol. The monoisotopic (exact) mass is 385 g/mol. The molecule has 0 bridgehead atoms. The first-order valence-corrected chi connectivity index (χ1v) is 9.51. The number of carbonyl (C=O) groups is 1. The molecule has 4 rings (SSSR count). The Hall–Kier alpha value is -2.84. The van der Waals surface area contributed by atoms with Crippen LogP contribution in [0.4, 0.5) is 16.4 Å². The van der Waals surface area contributed by atoms with Crippen molar-refractivity contribution in [3.8, 4) is 11.1 Å². The standard InChI is InChI=1S/C19H19N3O4S/c1-20-19(24)21-13-4-2-3-12(9-13)14-11-27-18-15(23)10-16(26-17(14)18)22-5-7-25-8-6-22/h2-4,9-11H,5-8H2,1H3,(H2,20,21,24). The molecule has 1 aromatic carbocycles.